The zero-order valence-corrected chi connectivity index (χ0v) is 11.9. The van der Waals surface area contributed by atoms with Crippen molar-refractivity contribution in [1.29, 1.82) is 0 Å². The molecule has 0 fully saturated rings. The van der Waals surface area contributed by atoms with E-state index in [4.69, 9.17) is 4.74 Å². The molecule has 0 bridgehead atoms. The minimum Gasteiger partial charge on any atom is -0.496 e. The van der Waals surface area contributed by atoms with E-state index in [1.165, 1.54) is 36.7 Å². The summed E-state index contributed by atoms with van der Waals surface area (Å²) in [6.07, 6.45) is 2.98. The summed E-state index contributed by atoms with van der Waals surface area (Å²) in [5.41, 5.74) is -0.0890. The van der Waals surface area contributed by atoms with E-state index in [0.29, 0.717) is 5.75 Å². The predicted molar refractivity (Wildman–Crippen MR) is 81.6 cm³/mol. The zero-order chi connectivity index (χ0) is 15.2. The number of hydrogen-bond donors (Lipinski definition) is 1. The summed E-state index contributed by atoms with van der Waals surface area (Å²) in [6.45, 7) is 0. The molecule has 1 N–H and O–H groups in total. The van der Waals surface area contributed by atoms with Crippen LogP contribution in [0.1, 0.15) is 4.88 Å². The maximum atomic E-state index is 11.8. The Kier molecular flexibility index (Phi) is 4.68. The van der Waals surface area contributed by atoms with Crippen molar-refractivity contribution in [2.75, 3.05) is 12.4 Å². The van der Waals surface area contributed by atoms with Gasteiger partial charge in [0.25, 0.3) is 5.69 Å². The summed E-state index contributed by atoms with van der Waals surface area (Å²) >= 11 is 1.49. The van der Waals surface area contributed by atoms with Crippen molar-refractivity contribution in [3.8, 4) is 5.75 Å². The number of nitrogens with zero attached hydrogens (tertiary/aromatic N) is 1. The van der Waals surface area contributed by atoms with Crippen LogP contribution in [-0.2, 0) is 4.79 Å². The first-order valence-electron chi connectivity index (χ1n) is 5.95. The van der Waals surface area contributed by atoms with Gasteiger partial charge in [0.15, 0.2) is 0 Å². The molecule has 0 spiro atoms. The summed E-state index contributed by atoms with van der Waals surface area (Å²) in [6, 6.07) is 7.99. The molecule has 2 aromatic rings. The molecule has 6 nitrogen and oxygen atoms in total. The number of carbonyl (C=O) groups is 1. The molecule has 21 heavy (non-hydrogen) atoms. The van der Waals surface area contributed by atoms with E-state index in [0.717, 1.165) is 4.88 Å². The average molecular weight is 304 g/mol. The second kappa shape index (κ2) is 6.67. The number of nitro groups is 1. The number of ether oxygens (including phenoxy) is 1. The minimum atomic E-state index is -0.568. The molecule has 1 aromatic heterocycles. The Morgan fingerprint density at radius 2 is 2.24 bits per heavy atom. The number of methoxy groups -OCH3 is 1. The maximum Gasteiger partial charge on any atom is 0.296 e. The molecule has 0 aliphatic heterocycles. The van der Waals surface area contributed by atoms with E-state index < -0.39 is 10.8 Å². The van der Waals surface area contributed by atoms with Crippen LogP contribution in [-0.4, -0.2) is 17.9 Å². The molecule has 1 amide bonds. The Hall–Kier alpha value is -2.67. The highest BCUT2D eigenvalue weighted by Gasteiger charge is 2.16. The van der Waals surface area contributed by atoms with Crippen LogP contribution in [0.15, 0.2) is 41.8 Å². The van der Waals surface area contributed by atoms with Gasteiger partial charge in [-0.15, -0.1) is 11.3 Å². The number of benzene rings is 1. The van der Waals surface area contributed by atoms with Gasteiger partial charge in [0, 0.05) is 11.0 Å². The fraction of sp³-hybridized carbons (Fsp3) is 0.0714. The molecule has 0 aliphatic rings. The van der Waals surface area contributed by atoms with Crippen molar-refractivity contribution in [3.63, 3.8) is 0 Å². The summed E-state index contributed by atoms with van der Waals surface area (Å²) in [5.74, 6) is -0.0782. The van der Waals surface area contributed by atoms with Crippen LogP contribution in [0.4, 0.5) is 11.4 Å². The van der Waals surface area contributed by atoms with Gasteiger partial charge in [-0.25, -0.2) is 0 Å². The van der Waals surface area contributed by atoms with Crippen molar-refractivity contribution in [3.05, 3.63) is 56.8 Å². The van der Waals surface area contributed by atoms with Gasteiger partial charge >= 0.3 is 0 Å². The predicted octanol–water partition coefficient (Wildman–Crippen LogP) is 3.32. The van der Waals surface area contributed by atoms with Crippen LogP contribution < -0.4 is 10.1 Å². The lowest BCUT2D eigenvalue weighted by atomic mass is 10.2. The molecule has 0 aliphatic carbocycles. The monoisotopic (exact) mass is 304 g/mol. The van der Waals surface area contributed by atoms with Crippen molar-refractivity contribution in [2.24, 2.45) is 0 Å². The summed E-state index contributed by atoms with van der Waals surface area (Å²) < 4.78 is 4.93. The van der Waals surface area contributed by atoms with Gasteiger partial charge < -0.3 is 10.1 Å². The van der Waals surface area contributed by atoms with E-state index in [1.54, 1.807) is 12.1 Å². The quantitative estimate of drug-likeness (QED) is 0.522. The van der Waals surface area contributed by atoms with Crippen molar-refractivity contribution < 1.29 is 14.5 Å². The van der Waals surface area contributed by atoms with Crippen LogP contribution >= 0.6 is 11.3 Å². The Bertz CT molecular complexity index is 680. The molecule has 0 atom stereocenters. The highest BCUT2D eigenvalue weighted by molar-refractivity contribution is 7.10. The van der Waals surface area contributed by atoms with Gasteiger partial charge in [-0.3, -0.25) is 14.9 Å². The molecular formula is C14H12N2O4S. The maximum absolute atomic E-state index is 11.8. The van der Waals surface area contributed by atoms with E-state index in [9.17, 15) is 14.9 Å². The number of thiophene rings is 1. The first-order valence-corrected chi connectivity index (χ1v) is 6.83. The first kappa shape index (κ1) is 14.7. The lowest BCUT2D eigenvalue weighted by Crippen LogP contribution is -2.09. The second-order valence-electron chi connectivity index (χ2n) is 3.98. The highest BCUT2D eigenvalue weighted by Crippen LogP contribution is 2.28. The molecule has 1 heterocycles. The third-order valence-corrected chi connectivity index (χ3v) is 3.44. The number of amides is 1. The van der Waals surface area contributed by atoms with Gasteiger partial charge in [0.2, 0.25) is 5.91 Å². The smallest absolute Gasteiger partial charge is 0.296 e. The number of carbonyl (C=O) groups excluding carboxylic acids is 1. The van der Waals surface area contributed by atoms with E-state index >= 15 is 0 Å². The fourth-order valence-electron chi connectivity index (χ4n) is 1.61. The van der Waals surface area contributed by atoms with Crippen LogP contribution in [0.3, 0.4) is 0 Å². The molecule has 0 unspecified atom stereocenters. The molecule has 1 aromatic carbocycles. The molecule has 0 saturated heterocycles. The highest BCUT2D eigenvalue weighted by atomic mass is 32.1. The van der Waals surface area contributed by atoms with Gasteiger partial charge in [0.1, 0.15) is 11.4 Å². The number of rotatable bonds is 5. The van der Waals surface area contributed by atoms with Crippen molar-refractivity contribution >= 4 is 34.7 Å². The van der Waals surface area contributed by atoms with Crippen LogP contribution in [0.5, 0.6) is 5.75 Å². The third kappa shape index (κ3) is 3.90. The van der Waals surface area contributed by atoms with Crippen LogP contribution in [0.25, 0.3) is 6.08 Å². The van der Waals surface area contributed by atoms with E-state index in [-0.39, 0.29) is 11.4 Å². The molecule has 2 rings (SSSR count). The average Bonchev–Trinajstić information content (AvgIpc) is 2.98. The summed E-state index contributed by atoms with van der Waals surface area (Å²) in [7, 11) is 1.42. The summed E-state index contributed by atoms with van der Waals surface area (Å²) in [5, 5.41) is 15.4. The zero-order valence-electron chi connectivity index (χ0n) is 11.1. The fourth-order valence-corrected chi connectivity index (χ4v) is 2.23. The standard InChI is InChI=1S/C14H12N2O4S/c1-20-10-4-6-12(13(9-10)16(18)19)15-14(17)7-5-11-3-2-8-21-11/h2-9H,1H3,(H,15,17). The lowest BCUT2D eigenvalue weighted by Gasteiger charge is -2.05. The number of nitro benzene ring substituents is 1. The van der Waals surface area contributed by atoms with Crippen LogP contribution in [0, 0.1) is 10.1 Å². The van der Waals surface area contributed by atoms with Gasteiger partial charge in [-0.1, -0.05) is 6.07 Å². The number of hydrogen-bond acceptors (Lipinski definition) is 5. The van der Waals surface area contributed by atoms with Crippen LogP contribution in [0.2, 0.25) is 0 Å². The normalized spacial score (nSPS) is 10.5. The minimum absolute atomic E-state index is 0.127. The Morgan fingerprint density at radius 3 is 2.86 bits per heavy atom. The Balaban J connectivity index is 2.15. The topological polar surface area (TPSA) is 81.5 Å². The Labute approximate surface area is 124 Å². The largest absolute Gasteiger partial charge is 0.496 e. The second-order valence-corrected chi connectivity index (χ2v) is 4.96. The number of anilines is 1. The van der Waals surface area contributed by atoms with Crippen molar-refractivity contribution in [2.45, 2.75) is 0 Å². The molecule has 0 radical (unpaired) electrons. The van der Waals surface area contributed by atoms with Crippen molar-refractivity contribution in [1.82, 2.24) is 0 Å². The molecule has 7 heteroatoms. The SMILES string of the molecule is COc1ccc(NC(=O)C=Cc2cccs2)c([N+](=O)[O-])c1. The molecule has 108 valence electrons. The third-order valence-electron chi connectivity index (χ3n) is 2.60. The van der Waals surface area contributed by atoms with Gasteiger partial charge in [-0.05, 0) is 29.7 Å². The molecular weight excluding hydrogens is 292 g/mol. The van der Waals surface area contributed by atoms with Gasteiger partial charge in [0.05, 0.1) is 18.1 Å². The van der Waals surface area contributed by atoms with Gasteiger partial charge in [-0.2, -0.15) is 0 Å². The Morgan fingerprint density at radius 1 is 1.43 bits per heavy atom. The first-order chi connectivity index (χ1) is 10.1. The summed E-state index contributed by atoms with van der Waals surface area (Å²) in [4.78, 5) is 23.1. The van der Waals surface area contributed by atoms with E-state index in [2.05, 4.69) is 5.32 Å². The van der Waals surface area contributed by atoms with E-state index in [1.807, 2.05) is 17.5 Å². The molecule has 0 saturated carbocycles. The lowest BCUT2D eigenvalue weighted by molar-refractivity contribution is -0.384. The number of nitrogens with one attached hydrogen (secondary N) is 1.